The van der Waals surface area contributed by atoms with Crippen LogP contribution in [0.25, 0.3) is 0 Å². The van der Waals surface area contributed by atoms with Crippen LogP contribution in [-0.4, -0.2) is 43.1 Å². The van der Waals surface area contributed by atoms with Crippen molar-refractivity contribution in [3.05, 3.63) is 28.5 Å². The van der Waals surface area contributed by atoms with Crippen LogP contribution >= 0.6 is 15.9 Å². The van der Waals surface area contributed by atoms with Crippen molar-refractivity contribution in [2.75, 3.05) is 26.2 Å². The van der Waals surface area contributed by atoms with Gasteiger partial charge in [-0.15, -0.1) is 0 Å². The van der Waals surface area contributed by atoms with E-state index in [1.807, 2.05) is 0 Å². The molecule has 1 N–H and O–H groups in total. The predicted octanol–water partition coefficient (Wildman–Crippen LogP) is 2.96. The van der Waals surface area contributed by atoms with Crippen molar-refractivity contribution in [2.24, 2.45) is 0 Å². The molecule has 1 aromatic carbocycles. The van der Waals surface area contributed by atoms with Gasteiger partial charge in [-0.3, -0.25) is 4.79 Å². The Bertz CT molecular complexity index is 505. The van der Waals surface area contributed by atoms with E-state index in [2.05, 4.69) is 33.1 Å². The summed E-state index contributed by atoms with van der Waals surface area (Å²) in [5, 5.41) is 2.96. The third-order valence-corrected chi connectivity index (χ3v) is 4.24. The number of hydrogen-bond acceptors (Lipinski definition) is 3. The first-order valence-electron chi connectivity index (χ1n) is 7.68. The van der Waals surface area contributed by atoms with Gasteiger partial charge in [-0.2, -0.15) is 0 Å². The normalized spacial score (nSPS) is 16.5. The first-order chi connectivity index (χ1) is 10.6. The van der Waals surface area contributed by atoms with Gasteiger partial charge in [0.05, 0.1) is 0 Å². The first kappa shape index (κ1) is 17.2. The highest BCUT2D eigenvalue weighted by molar-refractivity contribution is 9.10. The SMILES string of the molecule is CCCN1CCC(NC(=O)COc2ccc(Br)cc2F)CC1. The average Bonchev–Trinajstić information content (AvgIpc) is 2.49. The van der Waals surface area contributed by atoms with Crippen LogP contribution in [0.4, 0.5) is 4.39 Å². The number of amides is 1. The van der Waals surface area contributed by atoms with Crippen molar-refractivity contribution < 1.29 is 13.9 Å². The van der Waals surface area contributed by atoms with Crippen molar-refractivity contribution >= 4 is 21.8 Å². The maximum absolute atomic E-state index is 13.6. The van der Waals surface area contributed by atoms with E-state index in [1.165, 1.54) is 12.1 Å². The van der Waals surface area contributed by atoms with Gasteiger partial charge in [-0.1, -0.05) is 22.9 Å². The van der Waals surface area contributed by atoms with Gasteiger partial charge in [-0.25, -0.2) is 4.39 Å². The molecule has 1 heterocycles. The van der Waals surface area contributed by atoms with Gasteiger partial charge in [0.15, 0.2) is 18.2 Å². The standard InChI is InChI=1S/C16H22BrFN2O2/c1-2-7-20-8-5-13(6-9-20)19-16(21)11-22-15-4-3-12(17)10-14(15)18/h3-4,10,13H,2,5-9,11H2,1H3,(H,19,21). The van der Waals surface area contributed by atoms with Crippen molar-refractivity contribution in [3.63, 3.8) is 0 Å². The van der Waals surface area contributed by atoms with Gasteiger partial charge in [0.25, 0.3) is 5.91 Å². The van der Waals surface area contributed by atoms with Crippen molar-refractivity contribution in [1.29, 1.82) is 0 Å². The van der Waals surface area contributed by atoms with Crippen LogP contribution in [0.2, 0.25) is 0 Å². The lowest BCUT2D eigenvalue weighted by Crippen LogP contribution is -2.46. The Morgan fingerprint density at radius 2 is 2.18 bits per heavy atom. The Labute approximate surface area is 139 Å². The number of likely N-dealkylation sites (tertiary alicyclic amines) is 1. The topological polar surface area (TPSA) is 41.6 Å². The fourth-order valence-corrected chi connectivity index (χ4v) is 2.96. The van der Waals surface area contributed by atoms with Crippen LogP contribution in [0.15, 0.2) is 22.7 Å². The van der Waals surface area contributed by atoms with Gasteiger partial charge in [-0.05, 0) is 44.0 Å². The minimum atomic E-state index is -0.477. The Kier molecular flexibility index (Phi) is 6.64. The van der Waals surface area contributed by atoms with Gasteiger partial charge in [0, 0.05) is 23.6 Å². The average molecular weight is 373 g/mol. The van der Waals surface area contributed by atoms with Crippen LogP contribution in [0.3, 0.4) is 0 Å². The molecule has 122 valence electrons. The van der Waals surface area contributed by atoms with Crippen LogP contribution in [0.1, 0.15) is 26.2 Å². The number of nitrogens with zero attached hydrogens (tertiary/aromatic N) is 1. The molecule has 2 rings (SSSR count). The molecular weight excluding hydrogens is 351 g/mol. The number of rotatable bonds is 6. The Balaban J connectivity index is 1.72. The van der Waals surface area contributed by atoms with E-state index >= 15 is 0 Å². The molecule has 0 aromatic heterocycles. The van der Waals surface area contributed by atoms with Crippen molar-refractivity contribution in [3.8, 4) is 5.75 Å². The summed E-state index contributed by atoms with van der Waals surface area (Å²) in [5.74, 6) is -0.581. The summed E-state index contributed by atoms with van der Waals surface area (Å²) in [7, 11) is 0. The molecule has 0 aliphatic carbocycles. The molecule has 0 bridgehead atoms. The second kappa shape index (κ2) is 8.48. The summed E-state index contributed by atoms with van der Waals surface area (Å²) < 4.78 is 19.5. The molecule has 1 aliphatic heterocycles. The first-order valence-corrected chi connectivity index (χ1v) is 8.47. The van der Waals surface area contributed by atoms with Crippen LogP contribution < -0.4 is 10.1 Å². The quantitative estimate of drug-likeness (QED) is 0.834. The smallest absolute Gasteiger partial charge is 0.258 e. The maximum atomic E-state index is 13.6. The van der Waals surface area contributed by atoms with E-state index in [4.69, 9.17) is 4.74 Å². The van der Waals surface area contributed by atoms with Gasteiger partial charge in [0.1, 0.15) is 0 Å². The van der Waals surface area contributed by atoms with E-state index in [9.17, 15) is 9.18 Å². The van der Waals surface area contributed by atoms with E-state index < -0.39 is 5.82 Å². The molecule has 0 radical (unpaired) electrons. The zero-order valence-electron chi connectivity index (χ0n) is 12.8. The van der Waals surface area contributed by atoms with E-state index in [1.54, 1.807) is 6.07 Å². The molecule has 1 saturated heterocycles. The fourth-order valence-electron chi connectivity index (χ4n) is 2.62. The molecule has 1 amide bonds. The second-order valence-corrected chi connectivity index (χ2v) is 6.46. The lowest BCUT2D eigenvalue weighted by atomic mass is 10.0. The molecule has 0 unspecified atom stereocenters. The summed E-state index contributed by atoms with van der Waals surface area (Å²) in [5.41, 5.74) is 0. The number of piperidine rings is 1. The molecule has 6 heteroatoms. The summed E-state index contributed by atoms with van der Waals surface area (Å²) in [6.45, 7) is 5.16. The maximum Gasteiger partial charge on any atom is 0.258 e. The summed E-state index contributed by atoms with van der Waals surface area (Å²) in [4.78, 5) is 14.3. The van der Waals surface area contributed by atoms with Gasteiger partial charge < -0.3 is 15.0 Å². The molecular formula is C16H22BrFN2O2. The molecule has 0 saturated carbocycles. The van der Waals surface area contributed by atoms with E-state index in [-0.39, 0.29) is 24.3 Å². The molecule has 4 nitrogen and oxygen atoms in total. The Hall–Kier alpha value is -1.14. The molecule has 0 spiro atoms. The van der Waals surface area contributed by atoms with Gasteiger partial charge in [0.2, 0.25) is 0 Å². The number of carbonyl (C=O) groups is 1. The summed E-state index contributed by atoms with van der Waals surface area (Å²) in [6, 6.07) is 4.70. The fraction of sp³-hybridized carbons (Fsp3) is 0.562. The third kappa shape index (κ3) is 5.25. The Morgan fingerprint density at radius 1 is 1.45 bits per heavy atom. The second-order valence-electron chi connectivity index (χ2n) is 5.55. The lowest BCUT2D eigenvalue weighted by Gasteiger charge is -2.32. The van der Waals surface area contributed by atoms with Crippen LogP contribution in [0.5, 0.6) is 5.75 Å². The third-order valence-electron chi connectivity index (χ3n) is 3.75. The number of ether oxygens (including phenoxy) is 1. The largest absolute Gasteiger partial charge is 0.481 e. The summed E-state index contributed by atoms with van der Waals surface area (Å²) >= 11 is 3.18. The number of halogens is 2. The van der Waals surface area contributed by atoms with Crippen LogP contribution in [-0.2, 0) is 4.79 Å². The van der Waals surface area contributed by atoms with Gasteiger partial charge >= 0.3 is 0 Å². The lowest BCUT2D eigenvalue weighted by molar-refractivity contribution is -0.124. The number of hydrogen-bond donors (Lipinski definition) is 1. The number of nitrogens with one attached hydrogen (secondary N) is 1. The highest BCUT2D eigenvalue weighted by Crippen LogP contribution is 2.21. The van der Waals surface area contributed by atoms with Crippen molar-refractivity contribution in [1.82, 2.24) is 10.2 Å². The molecule has 22 heavy (non-hydrogen) atoms. The monoisotopic (exact) mass is 372 g/mol. The highest BCUT2D eigenvalue weighted by Gasteiger charge is 2.20. The number of carbonyl (C=O) groups excluding carboxylic acids is 1. The zero-order chi connectivity index (χ0) is 15.9. The zero-order valence-corrected chi connectivity index (χ0v) is 14.4. The van der Waals surface area contributed by atoms with Crippen molar-refractivity contribution in [2.45, 2.75) is 32.2 Å². The molecule has 1 aromatic rings. The van der Waals surface area contributed by atoms with E-state index in [0.717, 1.165) is 38.9 Å². The number of benzene rings is 1. The molecule has 1 aliphatic rings. The van der Waals surface area contributed by atoms with E-state index in [0.29, 0.717) is 4.47 Å². The molecule has 0 atom stereocenters. The molecule has 1 fully saturated rings. The van der Waals surface area contributed by atoms with Crippen LogP contribution in [0, 0.1) is 5.82 Å². The highest BCUT2D eigenvalue weighted by atomic mass is 79.9. The minimum Gasteiger partial charge on any atom is -0.481 e. The predicted molar refractivity (Wildman–Crippen MR) is 87.5 cm³/mol. The Morgan fingerprint density at radius 3 is 2.82 bits per heavy atom. The summed E-state index contributed by atoms with van der Waals surface area (Å²) in [6.07, 6.45) is 3.07. The minimum absolute atomic E-state index is 0.0936.